The number of aromatic nitrogens is 2. The SMILES string of the molecule is NCc1c(-c2ccc(Cl)cc2Cl)cn2[c]cnc2c1C(N)=O. The van der Waals surface area contributed by atoms with Gasteiger partial charge in [0.05, 0.1) is 18.0 Å². The van der Waals surface area contributed by atoms with Gasteiger partial charge in [-0.15, -0.1) is 0 Å². The third-order valence-electron chi connectivity index (χ3n) is 3.39. The second-order valence-corrected chi connectivity index (χ2v) is 5.51. The van der Waals surface area contributed by atoms with Crippen molar-refractivity contribution in [3.05, 3.63) is 58.0 Å². The molecule has 0 saturated heterocycles. The Morgan fingerprint density at radius 2 is 2.09 bits per heavy atom. The van der Waals surface area contributed by atoms with Crippen molar-refractivity contribution < 1.29 is 4.79 Å². The topological polar surface area (TPSA) is 86.4 Å². The number of halogens is 2. The molecule has 3 aromatic rings. The monoisotopic (exact) mass is 333 g/mol. The fraction of sp³-hybridized carbons (Fsp3) is 0.0667. The van der Waals surface area contributed by atoms with Crippen LogP contribution in [0.25, 0.3) is 16.8 Å². The summed E-state index contributed by atoms with van der Waals surface area (Å²) >= 11 is 12.2. The summed E-state index contributed by atoms with van der Waals surface area (Å²) < 4.78 is 1.60. The Morgan fingerprint density at radius 1 is 1.32 bits per heavy atom. The van der Waals surface area contributed by atoms with Crippen molar-refractivity contribution in [1.29, 1.82) is 0 Å². The Kier molecular flexibility index (Phi) is 3.78. The van der Waals surface area contributed by atoms with E-state index in [2.05, 4.69) is 11.2 Å². The van der Waals surface area contributed by atoms with Gasteiger partial charge in [-0.25, -0.2) is 4.98 Å². The molecule has 1 amide bonds. The Labute approximate surface area is 136 Å². The van der Waals surface area contributed by atoms with Gasteiger partial charge in [-0.1, -0.05) is 29.3 Å². The van der Waals surface area contributed by atoms with E-state index in [0.717, 1.165) is 0 Å². The molecule has 4 N–H and O–H groups in total. The van der Waals surface area contributed by atoms with E-state index in [9.17, 15) is 4.79 Å². The highest BCUT2D eigenvalue weighted by Gasteiger charge is 2.20. The van der Waals surface area contributed by atoms with Crippen molar-refractivity contribution in [2.75, 3.05) is 0 Å². The summed E-state index contributed by atoms with van der Waals surface area (Å²) in [5.74, 6) is -0.600. The second-order valence-electron chi connectivity index (χ2n) is 4.67. The van der Waals surface area contributed by atoms with Crippen molar-refractivity contribution in [2.24, 2.45) is 11.5 Å². The van der Waals surface area contributed by atoms with Crippen LogP contribution in [0, 0.1) is 6.20 Å². The van der Waals surface area contributed by atoms with Crippen LogP contribution in [0.2, 0.25) is 10.0 Å². The summed E-state index contributed by atoms with van der Waals surface area (Å²) in [6.07, 6.45) is 6.13. The van der Waals surface area contributed by atoms with Crippen LogP contribution in [0.4, 0.5) is 0 Å². The standard InChI is InChI=1S/C15H11Cl2N4O/c16-8-1-2-9(12(17)5-8)11-7-21-4-3-20-15(21)13(14(19)22)10(11)6-18/h1-3,5,7H,6,18H2,(H2,19,22). The molecule has 1 aromatic carbocycles. The number of nitrogens with two attached hydrogens (primary N) is 2. The van der Waals surface area contributed by atoms with E-state index >= 15 is 0 Å². The predicted octanol–water partition coefficient (Wildman–Crippen LogP) is 2.67. The second kappa shape index (κ2) is 5.61. The summed E-state index contributed by atoms with van der Waals surface area (Å²) in [7, 11) is 0. The maximum atomic E-state index is 11.9. The lowest BCUT2D eigenvalue weighted by molar-refractivity contribution is 0.100. The van der Waals surface area contributed by atoms with Crippen LogP contribution in [0.15, 0.2) is 30.6 Å². The number of amides is 1. The molecule has 111 valence electrons. The van der Waals surface area contributed by atoms with Gasteiger partial charge in [0.2, 0.25) is 0 Å². The number of nitrogens with zero attached hydrogens (tertiary/aromatic N) is 2. The van der Waals surface area contributed by atoms with Crippen molar-refractivity contribution in [3.8, 4) is 11.1 Å². The Bertz CT molecular complexity index is 889. The van der Waals surface area contributed by atoms with Crippen molar-refractivity contribution in [1.82, 2.24) is 9.38 Å². The minimum Gasteiger partial charge on any atom is -0.365 e. The Hall–Kier alpha value is -2.08. The zero-order valence-corrected chi connectivity index (χ0v) is 12.8. The van der Waals surface area contributed by atoms with Gasteiger partial charge in [0.1, 0.15) is 5.65 Å². The molecule has 2 aromatic heterocycles. The van der Waals surface area contributed by atoms with Crippen LogP contribution in [-0.4, -0.2) is 15.3 Å². The van der Waals surface area contributed by atoms with E-state index in [1.807, 2.05) is 0 Å². The van der Waals surface area contributed by atoms with Crippen molar-refractivity contribution >= 4 is 34.8 Å². The number of primary amides is 1. The number of hydrogen-bond donors (Lipinski definition) is 2. The van der Waals surface area contributed by atoms with E-state index in [0.29, 0.717) is 32.4 Å². The van der Waals surface area contributed by atoms with Gasteiger partial charge in [-0.2, -0.15) is 0 Å². The molecule has 0 spiro atoms. The zero-order valence-electron chi connectivity index (χ0n) is 11.3. The Morgan fingerprint density at radius 3 is 2.73 bits per heavy atom. The first-order chi connectivity index (χ1) is 10.5. The highest BCUT2D eigenvalue weighted by molar-refractivity contribution is 6.36. The van der Waals surface area contributed by atoms with E-state index in [-0.39, 0.29) is 12.1 Å². The Balaban J connectivity index is 2.40. The van der Waals surface area contributed by atoms with E-state index in [1.165, 1.54) is 6.20 Å². The first kappa shape index (κ1) is 14.8. The number of hydrogen-bond acceptors (Lipinski definition) is 3. The molecule has 0 bridgehead atoms. The van der Waals surface area contributed by atoms with Gasteiger partial charge in [-0.05, 0) is 17.7 Å². The predicted molar refractivity (Wildman–Crippen MR) is 85.9 cm³/mol. The minimum absolute atomic E-state index is 0.121. The number of pyridine rings is 1. The number of benzene rings is 1. The van der Waals surface area contributed by atoms with Crippen molar-refractivity contribution in [2.45, 2.75) is 6.54 Å². The number of imidazole rings is 1. The molecule has 0 aliphatic heterocycles. The molecule has 0 unspecified atom stereocenters. The number of carbonyl (C=O) groups excluding carboxylic acids is 1. The summed E-state index contributed by atoms with van der Waals surface area (Å²) in [4.78, 5) is 16.0. The molecular weight excluding hydrogens is 323 g/mol. The summed E-state index contributed by atoms with van der Waals surface area (Å²) in [5, 5.41) is 0.977. The fourth-order valence-electron chi connectivity index (χ4n) is 2.45. The summed E-state index contributed by atoms with van der Waals surface area (Å²) in [6, 6.07) is 5.12. The largest absolute Gasteiger partial charge is 0.365 e. The van der Waals surface area contributed by atoms with Crippen LogP contribution in [0.1, 0.15) is 15.9 Å². The molecule has 5 nitrogen and oxygen atoms in total. The molecule has 0 saturated carbocycles. The van der Waals surface area contributed by atoms with Gasteiger partial charge < -0.3 is 11.5 Å². The first-order valence-electron chi connectivity index (χ1n) is 6.39. The molecule has 1 radical (unpaired) electrons. The molecule has 0 aliphatic rings. The van der Waals surface area contributed by atoms with Gasteiger partial charge in [0.25, 0.3) is 5.91 Å². The molecule has 0 atom stereocenters. The molecule has 3 rings (SSSR count). The molecule has 0 fully saturated rings. The average Bonchev–Trinajstić information content (AvgIpc) is 2.92. The first-order valence-corrected chi connectivity index (χ1v) is 7.14. The molecular formula is C15H11Cl2N4O. The molecule has 22 heavy (non-hydrogen) atoms. The maximum Gasteiger partial charge on any atom is 0.252 e. The van der Waals surface area contributed by atoms with E-state index in [1.54, 1.807) is 28.8 Å². The maximum absolute atomic E-state index is 11.9. The van der Waals surface area contributed by atoms with Gasteiger partial charge in [0, 0.05) is 33.9 Å². The number of fused-ring (bicyclic) bond motifs is 1. The van der Waals surface area contributed by atoms with Crippen LogP contribution in [0.3, 0.4) is 0 Å². The lowest BCUT2D eigenvalue weighted by Gasteiger charge is -2.14. The lowest BCUT2D eigenvalue weighted by Crippen LogP contribution is -2.18. The van der Waals surface area contributed by atoms with Crippen LogP contribution in [-0.2, 0) is 6.54 Å². The van der Waals surface area contributed by atoms with E-state index in [4.69, 9.17) is 34.7 Å². The zero-order chi connectivity index (χ0) is 15.9. The molecule has 0 aliphatic carbocycles. The van der Waals surface area contributed by atoms with E-state index < -0.39 is 5.91 Å². The third-order valence-corrected chi connectivity index (χ3v) is 3.94. The lowest BCUT2D eigenvalue weighted by atomic mass is 9.97. The fourth-order valence-corrected chi connectivity index (χ4v) is 2.96. The van der Waals surface area contributed by atoms with Crippen LogP contribution >= 0.6 is 23.2 Å². The number of rotatable bonds is 3. The smallest absolute Gasteiger partial charge is 0.252 e. The van der Waals surface area contributed by atoms with Crippen molar-refractivity contribution in [3.63, 3.8) is 0 Å². The molecule has 7 heteroatoms. The highest BCUT2D eigenvalue weighted by atomic mass is 35.5. The normalized spacial score (nSPS) is 11.0. The van der Waals surface area contributed by atoms with Crippen LogP contribution < -0.4 is 11.5 Å². The average molecular weight is 334 g/mol. The third kappa shape index (κ3) is 2.33. The summed E-state index contributed by atoms with van der Waals surface area (Å²) in [6.45, 7) is 0.121. The molecule has 2 heterocycles. The summed E-state index contributed by atoms with van der Waals surface area (Å²) in [5.41, 5.74) is 14.0. The van der Waals surface area contributed by atoms with Crippen LogP contribution in [0.5, 0.6) is 0 Å². The van der Waals surface area contributed by atoms with Gasteiger partial charge >= 0.3 is 0 Å². The van der Waals surface area contributed by atoms with Gasteiger partial charge in [-0.3, -0.25) is 9.20 Å². The quantitative estimate of drug-likeness (QED) is 0.772. The highest BCUT2D eigenvalue weighted by Crippen LogP contribution is 2.34. The minimum atomic E-state index is -0.600. The van der Waals surface area contributed by atoms with Gasteiger partial charge in [0.15, 0.2) is 0 Å². The number of carbonyl (C=O) groups is 1.